The molecule has 0 radical (unpaired) electrons. The Hall–Kier alpha value is -4.36. The Morgan fingerprint density at radius 2 is 1.78 bits per heavy atom. The van der Waals surface area contributed by atoms with Crippen LogP contribution in [0.15, 0.2) is 76.4 Å². The maximum Gasteiger partial charge on any atom is 0.263 e. The van der Waals surface area contributed by atoms with Crippen molar-refractivity contribution in [1.82, 2.24) is 20.4 Å². The van der Waals surface area contributed by atoms with Crippen LogP contribution in [-0.4, -0.2) is 41.7 Å². The maximum absolute atomic E-state index is 12.9. The van der Waals surface area contributed by atoms with E-state index in [9.17, 15) is 13.2 Å². The third kappa shape index (κ3) is 5.64. The van der Waals surface area contributed by atoms with Crippen molar-refractivity contribution >= 4 is 44.8 Å². The minimum absolute atomic E-state index is 0.00631. The molecule has 36 heavy (non-hydrogen) atoms. The number of carbonyl (C=O) groups excluding carboxylic acids is 1. The number of methoxy groups -OCH3 is 1. The lowest BCUT2D eigenvalue weighted by Crippen LogP contribution is -2.34. The van der Waals surface area contributed by atoms with Gasteiger partial charge in [-0.25, -0.2) is 18.4 Å². The Bertz CT molecular complexity index is 1510. The van der Waals surface area contributed by atoms with Crippen LogP contribution in [0.25, 0.3) is 11.3 Å². The monoisotopic (exact) mass is 524 g/mol. The van der Waals surface area contributed by atoms with Crippen molar-refractivity contribution < 1.29 is 22.5 Å². The average molecular weight is 525 g/mol. The fraction of sp³-hybridized carbons (Fsp3) is 0.0870. The molecule has 0 atom stereocenters. The first kappa shape index (κ1) is 24.8. The van der Waals surface area contributed by atoms with Gasteiger partial charge in [-0.1, -0.05) is 35.5 Å². The molecule has 1 amide bonds. The van der Waals surface area contributed by atoms with Crippen molar-refractivity contribution in [3.05, 3.63) is 78.3 Å². The first-order valence-corrected chi connectivity index (χ1v) is 12.3. The second kappa shape index (κ2) is 10.5. The smallest absolute Gasteiger partial charge is 0.263 e. The molecule has 0 spiro atoms. The number of sulfonamides is 1. The highest BCUT2D eigenvalue weighted by Gasteiger charge is 2.22. The zero-order valence-electron chi connectivity index (χ0n) is 19.1. The van der Waals surface area contributed by atoms with Gasteiger partial charge in [0.25, 0.3) is 15.9 Å². The van der Waals surface area contributed by atoms with Gasteiger partial charge in [-0.2, -0.15) is 0 Å². The Balaban J connectivity index is 1.42. The number of thiocarbonyl (C=S) groups is 1. The molecule has 11 nitrogen and oxygen atoms in total. The van der Waals surface area contributed by atoms with Crippen LogP contribution in [0.5, 0.6) is 5.88 Å². The van der Waals surface area contributed by atoms with Crippen molar-refractivity contribution in [2.75, 3.05) is 17.1 Å². The van der Waals surface area contributed by atoms with Gasteiger partial charge in [-0.05, 0) is 43.4 Å². The number of nitrogens with zero attached hydrogens (tertiary/aromatic N) is 3. The molecule has 0 aliphatic rings. The Morgan fingerprint density at radius 1 is 1.06 bits per heavy atom. The SMILES string of the molecule is COc1cc(NS(=O)(=O)c2ccc(NC(=S)NC(=O)c3c(-c4ccccc4)noc3C)cc2)ncn1. The number of ether oxygens (including phenoxy) is 1. The van der Waals surface area contributed by atoms with E-state index in [0.717, 1.165) is 5.56 Å². The normalized spacial score (nSPS) is 10.9. The Morgan fingerprint density at radius 3 is 2.47 bits per heavy atom. The van der Waals surface area contributed by atoms with Crippen molar-refractivity contribution in [3.8, 4) is 17.1 Å². The van der Waals surface area contributed by atoms with Gasteiger partial charge in [0, 0.05) is 17.3 Å². The number of aromatic nitrogens is 3. The molecule has 2 aromatic carbocycles. The van der Waals surface area contributed by atoms with E-state index in [1.165, 1.54) is 43.8 Å². The minimum atomic E-state index is -3.91. The molecule has 2 heterocycles. The highest BCUT2D eigenvalue weighted by atomic mass is 32.2. The Labute approximate surface area is 212 Å². The molecule has 4 rings (SSSR count). The number of hydrogen-bond acceptors (Lipinski definition) is 9. The van der Waals surface area contributed by atoms with Crippen LogP contribution < -0.4 is 20.1 Å². The predicted molar refractivity (Wildman–Crippen MR) is 136 cm³/mol. The number of amides is 1. The summed E-state index contributed by atoms with van der Waals surface area (Å²) in [5, 5.41) is 9.46. The molecule has 0 bridgehead atoms. The minimum Gasteiger partial charge on any atom is -0.481 e. The lowest BCUT2D eigenvalue weighted by molar-refractivity contribution is 0.0976. The zero-order chi connectivity index (χ0) is 25.7. The molecule has 0 saturated carbocycles. The van der Waals surface area contributed by atoms with Crippen LogP contribution in [-0.2, 0) is 10.0 Å². The van der Waals surface area contributed by atoms with Gasteiger partial charge in [0.2, 0.25) is 5.88 Å². The fourth-order valence-corrected chi connectivity index (χ4v) is 4.39. The van der Waals surface area contributed by atoms with E-state index in [0.29, 0.717) is 17.1 Å². The molecule has 0 unspecified atom stereocenters. The predicted octanol–water partition coefficient (Wildman–Crippen LogP) is 3.38. The second-order valence-corrected chi connectivity index (χ2v) is 9.40. The molecule has 13 heteroatoms. The van der Waals surface area contributed by atoms with Gasteiger partial charge in [-0.3, -0.25) is 14.8 Å². The van der Waals surface area contributed by atoms with Gasteiger partial charge in [0.15, 0.2) is 5.11 Å². The van der Waals surface area contributed by atoms with Gasteiger partial charge in [0.1, 0.15) is 29.2 Å². The topological polar surface area (TPSA) is 148 Å². The van der Waals surface area contributed by atoms with Crippen LogP contribution in [0.3, 0.4) is 0 Å². The summed E-state index contributed by atoms with van der Waals surface area (Å²) in [5.74, 6) is 0.133. The van der Waals surface area contributed by atoms with Crippen molar-refractivity contribution in [2.45, 2.75) is 11.8 Å². The lowest BCUT2D eigenvalue weighted by Gasteiger charge is -2.11. The molecule has 0 aliphatic carbocycles. The van der Waals surface area contributed by atoms with Gasteiger partial charge in [-0.15, -0.1) is 0 Å². The summed E-state index contributed by atoms with van der Waals surface area (Å²) >= 11 is 5.26. The van der Waals surface area contributed by atoms with E-state index >= 15 is 0 Å². The quantitative estimate of drug-likeness (QED) is 0.307. The van der Waals surface area contributed by atoms with Crippen LogP contribution in [0.4, 0.5) is 11.5 Å². The van der Waals surface area contributed by atoms with Gasteiger partial charge in [0.05, 0.1) is 12.0 Å². The molecule has 0 aliphatic heterocycles. The number of nitrogens with one attached hydrogen (secondary N) is 3. The average Bonchev–Trinajstić information content (AvgIpc) is 3.26. The first-order valence-electron chi connectivity index (χ1n) is 10.4. The molecule has 3 N–H and O–H groups in total. The highest BCUT2D eigenvalue weighted by molar-refractivity contribution is 7.92. The van der Waals surface area contributed by atoms with Gasteiger partial charge < -0.3 is 14.6 Å². The highest BCUT2D eigenvalue weighted by Crippen LogP contribution is 2.25. The van der Waals surface area contributed by atoms with E-state index in [4.69, 9.17) is 21.5 Å². The standard InChI is InChI=1S/C23H20N6O5S2/c1-14-20(21(28-34-14)15-6-4-3-5-7-15)22(30)27-23(35)26-16-8-10-17(11-9-16)36(31,32)29-18-12-19(33-2)25-13-24-18/h3-13H,1-2H3,(H,24,25,29)(H2,26,27,30,35). The Kier molecular flexibility index (Phi) is 7.22. The molecule has 4 aromatic rings. The molecular weight excluding hydrogens is 504 g/mol. The zero-order valence-corrected chi connectivity index (χ0v) is 20.7. The van der Waals surface area contributed by atoms with E-state index in [2.05, 4.69) is 30.5 Å². The van der Waals surface area contributed by atoms with Crippen LogP contribution in [0, 0.1) is 6.92 Å². The number of carbonyl (C=O) groups is 1. The van der Waals surface area contributed by atoms with E-state index in [1.807, 2.05) is 30.3 Å². The third-order valence-electron chi connectivity index (χ3n) is 4.88. The van der Waals surface area contributed by atoms with Crippen LogP contribution in [0.2, 0.25) is 0 Å². The summed E-state index contributed by atoms with van der Waals surface area (Å²) in [5.41, 5.74) is 1.86. The fourth-order valence-electron chi connectivity index (χ4n) is 3.18. The lowest BCUT2D eigenvalue weighted by atomic mass is 10.1. The number of hydrogen-bond donors (Lipinski definition) is 3. The van der Waals surface area contributed by atoms with Crippen molar-refractivity contribution in [3.63, 3.8) is 0 Å². The second-order valence-electron chi connectivity index (χ2n) is 7.31. The number of rotatable bonds is 7. The number of benzene rings is 2. The van der Waals surface area contributed by atoms with Crippen LogP contribution in [0.1, 0.15) is 16.1 Å². The summed E-state index contributed by atoms with van der Waals surface area (Å²) < 4.78 is 37.9. The van der Waals surface area contributed by atoms with E-state index in [-0.39, 0.29) is 27.3 Å². The van der Waals surface area contributed by atoms with Gasteiger partial charge >= 0.3 is 0 Å². The van der Waals surface area contributed by atoms with Crippen molar-refractivity contribution in [1.29, 1.82) is 0 Å². The summed E-state index contributed by atoms with van der Waals surface area (Å²) in [6.45, 7) is 1.63. The summed E-state index contributed by atoms with van der Waals surface area (Å²) in [4.78, 5) is 20.6. The van der Waals surface area contributed by atoms with E-state index < -0.39 is 15.9 Å². The first-order chi connectivity index (χ1) is 17.3. The molecule has 0 fully saturated rings. The largest absolute Gasteiger partial charge is 0.481 e. The third-order valence-corrected chi connectivity index (χ3v) is 6.45. The van der Waals surface area contributed by atoms with Crippen LogP contribution >= 0.6 is 12.2 Å². The molecular formula is C23H20N6O5S2. The maximum atomic E-state index is 12.9. The summed E-state index contributed by atoms with van der Waals surface area (Å²) in [7, 11) is -2.50. The number of anilines is 2. The molecule has 0 saturated heterocycles. The number of aryl methyl sites for hydroxylation is 1. The molecule has 184 valence electrons. The summed E-state index contributed by atoms with van der Waals surface area (Å²) in [6.07, 6.45) is 1.18. The molecule has 2 aromatic heterocycles. The van der Waals surface area contributed by atoms with Crippen molar-refractivity contribution in [2.24, 2.45) is 0 Å². The van der Waals surface area contributed by atoms with E-state index in [1.54, 1.807) is 6.92 Å². The summed E-state index contributed by atoms with van der Waals surface area (Å²) in [6, 6.07) is 16.3.